The fourth-order valence-electron chi connectivity index (χ4n) is 2.41. The molecule has 1 unspecified atom stereocenters. The van der Waals surface area contributed by atoms with Crippen LogP contribution < -0.4 is 5.32 Å². The molecule has 0 heterocycles. The van der Waals surface area contributed by atoms with Crippen molar-refractivity contribution >= 4 is 11.9 Å². The van der Waals surface area contributed by atoms with Gasteiger partial charge in [0.2, 0.25) is 5.91 Å². The Labute approximate surface area is 123 Å². The van der Waals surface area contributed by atoms with E-state index in [1.165, 1.54) is 7.11 Å². The van der Waals surface area contributed by atoms with Gasteiger partial charge in [-0.05, 0) is 30.6 Å². The largest absolute Gasteiger partial charge is 0.469 e. The lowest BCUT2D eigenvalue weighted by Gasteiger charge is -2.22. The lowest BCUT2D eigenvalue weighted by atomic mass is 9.84. The second kappa shape index (κ2) is 9.78. The van der Waals surface area contributed by atoms with Crippen LogP contribution in [-0.2, 0) is 14.3 Å². The summed E-state index contributed by atoms with van der Waals surface area (Å²) in [6.45, 7) is 9.41. The van der Waals surface area contributed by atoms with Gasteiger partial charge in [0.25, 0.3) is 0 Å². The Morgan fingerprint density at radius 2 is 1.80 bits per heavy atom. The highest BCUT2D eigenvalue weighted by Crippen LogP contribution is 2.25. The number of carbonyl (C=O) groups excluding carboxylic acids is 2. The molecule has 1 amide bonds. The monoisotopic (exact) mass is 285 g/mol. The highest BCUT2D eigenvalue weighted by Gasteiger charge is 2.17. The summed E-state index contributed by atoms with van der Waals surface area (Å²) in [6, 6.07) is 0. The van der Waals surface area contributed by atoms with E-state index in [-0.39, 0.29) is 17.3 Å². The van der Waals surface area contributed by atoms with E-state index in [2.05, 4.69) is 37.7 Å². The maximum atomic E-state index is 11.7. The molecular weight excluding hydrogens is 254 g/mol. The Balaban J connectivity index is 3.57. The number of hydrogen-bond acceptors (Lipinski definition) is 3. The average molecular weight is 285 g/mol. The normalized spacial score (nSPS) is 12.8. The van der Waals surface area contributed by atoms with E-state index in [4.69, 9.17) is 0 Å². The zero-order valence-corrected chi connectivity index (χ0v) is 13.8. The number of methoxy groups -OCH3 is 1. The van der Waals surface area contributed by atoms with Crippen molar-refractivity contribution in [2.45, 2.75) is 66.2 Å². The molecule has 0 aromatic rings. The van der Waals surface area contributed by atoms with Crippen molar-refractivity contribution in [3.05, 3.63) is 0 Å². The first kappa shape index (κ1) is 18.9. The molecule has 4 heteroatoms. The zero-order valence-electron chi connectivity index (χ0n) is 13.8. The first-order chi connectivity index (χ1) is 9.24. The van der Waals surface area contributed by atoms with E-state index >= 15 is 0 Å². The van der Waals surface area contributed by atoms with Crippen molar-refractivity contribution in [2.75, 3.05) is 13.7 Å². The third-order valence-corrected chi connectivity index (χ3v) is 3.10. The lowest BCUT2D eigenvalue weighted by Crippen LogP contribution is -2.27. The highest BCUT2D eigenvalue weighted by molar-refractivity contribution is 5.76. The summed E-state index contributed by atoms with van der Waals surface area (Å²) in [6.07, 6.45) is 4.79. The molecule has 0 saturated carbocycles. The Kier molecular flexibility index (Phi) is 9.26. The van der Waals surface area contributed by atoms with E-state index in [1.54, 1.807) is 0 Å². The molecule has 4 nitrogen and oxygen atoms in total. The van der Waals surface area contributed by atoms with Crippen LogP contribution in [0.1, 0.15) is 66.2 Å². The van der Waals surface area contributed by atoms with E-state index in [9.17, 15) is 9.59 Å². The van der Waals surface area contributed by atoms with Gasteiger partial charge < -0.3 is 10.1 Å². The molecule has 0 aliphatic rings. The Hall–Kier alpha value is -1.06. The quantitative estimate of drug-likeness (QED) is 0.522. The molecule has 118 valence electrons. The Morgan fingerprint density at radius 3 is 2.35 bits per heavy atom. The van der Waals surface area contributed by atoms with Gasteiger partial charge in [-0.25, -0.2) is 0 Å². The number of hydrogen-bond donors (Lipinski definition) is 1. The van der Waals surface area contributed by atoms with Gasteiger partial charge >= 0.3 is 5.97 Å². The molecule has 20 heavy (non-hydrogen) atoms. The van der Waals surface area contributed by atoms with Crippen LogP contribution in [0.5, 0.6) is 0 Å². The SMILES string of the molecule is COC(=O)CCCCCNC(=O)CC(C)CC(C)(C)C. The maximum Gasteiger partial charge on any atom is 0.305 e. The molecule has 0 aliphatic carbocycles. The van der Waals surface area contributed by atoms with Gasteiger partial charge in [0.15, 0.2) is 0 Å². The summed E-state index contributed by atoms with van der Waals surface area (Å²) in [4.78, 5) is 22.6. The average Bonchev–Trinajstić information content (AvgIpc) is 2.30. The van der Waals surface area contributed by atoms with E-state index in [0.717, 1.165) is 25.7 Å². The van der Waals surface area contributed by atoms with E-state index < -0.39 is 0 Å². The number of amides is 1. The summed E-state index contributed by atoms with van der Waals surface area (Å²) in [7, 11) is 1.40. The van der Waals surface area contributed by atoms with Crippen LogP contribution in [0.3, 0.4) is 0 Å². The maximum absolute atomic E-state index is 11.7. The molecule has 1 N–H and O–H groups in total. The van der Waals surface area contributed by atoms with Crippen LogP contribution in [0.15, 0.2) is 0 Å². The number of unbranched alkanes of at least 4 members (excludes halogenated alkanes) is 2. The van der Waals surface area contributed by atoms with Crippen molar-refractivity contribution in [3.63, 3.8) is 0 Å². The molecule has 0 rings (SSSR count). The number of nitrogens with one attached hydrogen (secondary N) is 1. The van der Waals surface area contributed by atoms with Gasteiger partial charge in [0, 0.05) is 19.4 Å². The van der Waals surface area contributed by atoms with E-state index in [0.29, 0.717) is 25.3 Å². The van der Waals surface area contributed by atoms with Gasteiger partial charge in [-0.3, -0.25) is 9.59 Å². The molecule has 0 saturated heterocycles. The number of rotatable bonds is 9. The predicted octanol–water partition coefficient (Wildman–Crippen LogP) is 3.30. The van der Waals surface area contributed by atoms with Crippen LogP contribution in [-0.4, -0.2) is 25.5 Å². The second-order valence-electron chi connectivity index (χ2n) is 6.81. The fourth-order valence-corrected chi connectivity index (χ4v) is 2.41. The van der Waals surface area contributed by atoms with E-state index in [1.807, 2.05) is 0 Å². The smallest absolute Gasteiger partial charge is 0.305 e. The second-order valence-corrected chi connectivity index (χ2v) is 6.81. The minimum atomic E-state index is -0.162. The number of carbonyl (C=O) groups is 2. The Morgan fingerprint density at radius 1 is 1.15 bits per heavy atom. The van der Waals surface area contributed by atoms with Gasteiger partial charge in [0.05, 0.1) is 7.11 Å². The van der Waals surface area contributed by atoms with Gasteiger partial charge in [-0.15, -0.1) is 0 Å². The zero-order chi connectivity index (χ0) is 15.6. The third-order valence-electron chi connectivity index (χ3n) is 3.10. The van der Waals surface area contributed by atoms with Gasteiger partial charge in [-0.2, -0.15) is 0 Å². The van der Waals surface area contributed by atoms with Crippen LogP contribution in [0, 0.1) is 11.3 Å². The van der Waals surface area contributed by atoms with Crippen LogP contribution in [0.2, 0.25) is 0 Å². The first-order valence-electron chi connectivity index (χ1n) is 7.58. The predicted molar refractivity (Wildman–Crippen MR) is 81.3 cm³/mol. The van der Waals surface area contributed by atoms with Crippen molar-refractivity contribution in [1.82, 2.24) is 5.32 Å². The summed E-state index contributed by atoms with van der Waals surface area (Å²) < 4.78 is 4.57. The first-order valence-corrected chi connectivity index (χ1v) is 7.58. The summed E-state index contributed by atoms with van der Waals surface area (Å²) in [5, 5.41) is 2.95. The molecule has 0 aromatic heterocycles. The van der Waals surface area contributed by atoms with Gasteiger partial charge in [-0.1, -0.05) is 34.1 Å². The van der Waals surface area contributed by atoms with Crippen molar-refractivity contribution in [1.29, 1.82) is 0 Å². The minimum Gasteiger partial charge on any atom is -0.469 e. The number of ether oxygens (including phenoxy) is 1. The summed E-state index contributed by atoms with van der Waals surface area (Å²) in [5.41, 5.74) is 0.271. The van der Waals surface area contributed by atoms with Crippen LogP contribution in [0.4, 0.5) is 0 Å². The van der Waals surface area contributed by atoms with Crippen LogP contribution in [0.25, 0.3) is 0 Å². The summed E-state index contributed by atoms with van der Waals surface area (Å²) >= 11 is 0. The van der Waals surface area contributed by atoms with Crippen molar-refractivity contribution < 1.29 is 14.3 Å². The molecular formula is C16H31NO3. The molecule has 0 aliphatic heterocycles. The third kappa shape index (κ3) is 12.0. The Bertz CT molecular complexity index is 295. The molecule has 0 radical (unpaired) electrons. The molecule has 1 atom stereocenters. The molecule has 0 fully saturated rings. The molecule has 0 bridgehead atoms. The summed E-state index contributed by atoms with van der Waals surface area (Å²) in [5.74, 6) is 0.383. The van der Waals surface area contributed by atoms with Crippen LogP contribution >= 0.6 is 0 Å². The topological polar surface area (TPSA) is 55.4 Å². The fraction of sp³-hybridized carbons (Fsp3) is 0.875. The number of esters is 1. The minimum absolute atomic E-state index is 0.134. The van der Waals surface area contributed by atoms with Crippen molar-refractivity contribution in [2.24, 2.45) is 11.3 Å². The molecule has 0 spiro atoms. The molecule has 0 aromatic carbocycles. The lowest BCUT2D eigenvalue weighted by molar-refractivity contribution is -0.140. The van der Waals surface area contributed by atoms with Gasteiger partial charge in [0.1, 0.15) is 0 Å². The highest BCUT2D eigenvalue weighted by atomic mass is 16.5. The standard InChI is InChI=1S/C16H31NO3/c1-13(12-16(2,3)4)11-14(18)17-10-8-6-7-9-15(19)20-5/h13H,6-12H2,1-5H3,(H,17,18). The van der Waals surface area contributed by atoms with Crippen molar-refractivity contribution in [3.8, 4) is 0 Å².